The van der Waals surface area contributed by atoms with Gasteiger partial charge in [0.15, 0.2) is 0 Å². The van der Waals surface area contributed by atoms with E-state index in [2.05, 4.69) is 10.1 Å². The van der Waals surface area contributed by atoms with Crippen LogP contribution in [-0.2, 0) is 4.74 Å². The summed E-state index contributed by atoms with van der Waals surface area (Å²) < 4.78 is 4.66. The largest absolute Gasteiger partial charge is 0.453 e. The van der Waals surface area contributed by atoms with Gasteiger partial charge in [-0.15, -0.1) is 0 Å². The first-order valence-corrected chi connectivity index (χ1v) is 5.12. The highest BCUT2D eigenvalue weighted by Crippen LogP contribution is 2.69. The molecule has 4 bridgehead atoms. The van der Waals surface area contributed by atoms with E-state index in [1.54, 1.807) is 0 Å². The number of hydrogen-bond donors (Lipinski definition) is 1. The van der Waals surface area contributed by atoms with Crippen molar-refractivity contribution in [3.63, 3.8) is 0 Å². The van der Waals surface area contributed by atoms with Crippen LogP contribution in [0, 0.1) is 17.8 Å². The van der Waals surface area contributed by atoms with E-state index in [-0.39, 0.29) is 11.6 Å². The molecule has 0 radical (unpaired) electrons. The molecule has 3 nitrogen and oxygen atoms in total. The fourth-order valence-corrected chi connectivity index (χ4v) is 3.77. The number of nitrogens with one attached hydrogen (secondary N) is 1. The smallest absolute Gasteiger partial charge is 0.407 e. The van der Waals surface area contributed by atoms with Gasteiger partial charge in [0.2, 0.25) is 0 Å². The molecular formula is C10H15NO2. The van der Waals surface area contributed by atoms with Crippen LogP contribution in [0.5, 0.6) is 0 Å². The second-order valence-electron chi connectivity index (χ2n) is 4.75. The van der Waals surface area contributed by atoms with E-state index in [1.165, 1.54) is 32.8 Å². The normalized spacial score (nSPS) is 50.1. The SMILES string of the molecule is COC(=O)NC12CC3CCC1C2C3. The summed E-state index contributed by atoms with van der Waals surface area (Å²) in [5.41, 5.74) is 0.177. The first-order valence-electron chi connectivity index (χ1n) is 5.12. The van der Waals surface area contributed by atoms with Crippen molar-refractivity contribution in [2.45, 2.75) is 31.2 Å². The van der Waals surface area contributed by atoms with Crippen molar-refractivity contribution in [3.05, 3.63) is 0 Å². The van der Waals surface area contributed by atoms with Crippen molar-refractivity contribution in [2.75, 3.05) is 7.11 Å². The second-order valence-corrected chi connectivity index (χ2v) is 4.75. The van der Waals surface area contributed by atoms with E-state index in [0.717, 1.165) is 17.8 Å². The zero-order valence-corrected chi connectivity index (χ0v) is 7.88. The van der Waals surface area contributed by atoms with Crippen molar-refractivity contribution in [3.8, 4) is 0 Å². The van der Waals surface area contributed by atoms with Gasteiger partial charge in [0.1, 0.15) is 0 Å². The second kappa shape index (κ2) is 2.20. The summed E-state index contributed by atoms with van der Waals surface area (Å²) in [6.45, 7) is 0. The maximum absolute atomic E-state index is 11.1. The summed E-state index contributed by atoms with van der Waals surface area (Å²) >= 11 is 0. The first kappa shape index (κ1) is 7.65. The van der Waals surface area contributed by atoms with Gasteiger partial charge in [-0.25, -0.2) is 4.79 Å². The van der Waals surface area contributed by atoms with E-state index in [1.807, 2.05) is 0 Å². The van der Waals surface area contributed by atoms with Gasteiger partial charge < -0.3 is 10.1 Å². The molecule has 72 valence electrons. The highest BCUT2D eigenvalue weighted by molar-refractivity contribution is 5.69. The van der Waals surface area contributed by atoms with Crippen LogP contribution in [0.1, 0.15) is 25.7 Å². The fraction of sp³-hybridized carbons (Fsp3) is 0.900. The quantitative estimate of drug-likeness (QED) is 0.666. The standard InChI is InChI=1S/C10H15NO2/c1-13-9(12)11-10-5-6-2-3-7(10)8(10)4-6/h6-8H,2-5H2,1H3,(H,11,12). The summed E-state index contributed by atoms with van der Waals surface area (Å²) in [7, 11) is 1.44. The molecule has 3 heteroatoms. The van der Waals surface area contributed by atoms with Crippen molar-refractivity contribution in [1.82, 2.24) is 5.32 Å². The Morgan fingerprint density at radius 2 is 2.31 bits per heavy atom. The Labute approximate surface area is 77.8 Å². The number of alkyl carbamates (subject to hydrolysis) is 1. The molecule has 0 aliphatic heterocycles. The predicted molar refractivity (Wildman–Crippen MR) is 47.2 cm³/mol. The molecule has 4 saturated carbocycles. The molecule has 4 atom stereocenters. The molecule has 0 spiro atoms. The molecule has 13 heavy (non-hydrogen) atoms. The third kappa shape index (κ3) is 0.825. The molecule has 0 heterocycles. The summed E-state index contributed by atoms with van der Waals surface area (Å²) in [6, 6.07) is 0. The lowest BCUT2D eigenvalue weighted by Crippen LogP contribution is -2.40. The number of carbonyl (C=O) groups excluding carboxylic acids is 1. The highest BCUT2D eigenvalue weighted by Gasteiger charge is 2.71. The molecule has 1 amide bonds. The summed E-state index contributed by atoms with van der Waals surface area (Å²) in [4.78, 5) is 11.1. The Morgan fingerprint density at radius 3 is 2.77 bits per heavy atom. The Balaban J connectivity index is 1.75. The van der Waals surface area contributed by atoms with Crippen molar-refractivity contribution in [2.24, 2.45) is 17.8 Å². The summed E-state index contributed by atoms with van der Waals surface area (Å²) in [5.74, 6) is 2.44. The van der Waals surface area contributed by atoms with Gasteiger partial charge in [-0.05, 0) is 43.4 Å². The van der Waals surface area contributed by atoms with Crippen molar-refractivity contribution in [1.29, 1.82) is 0 Å². The summed E-state index contributed by atoms with van der Waals surface area (Å²) in [5, 5.41) is 3.05. The van der Waals surface area contributed by atoms with Crippen LogP contribution in [0.4, 0.5) is 4.79 Å². The number of fused-ring (bicyclic) bond motifs is 1. The molecule has 4 aliphatic carbocycles. The van der Waals surface area contributed by atoms with E-state index < -0.39 is 0 Å². The van der Waals surface area contributed by atoms with Gasteiger partial charge in [-0.2, -0.15) is 0 Å². The monoisotopic (exact) mass is 181 g/mol. The van der Waals surface area contributed by atoms with E-state index in [4.69, 9.17) is 0 Å². The molecule has 4 unspecified atom stereocenters. The molecule has 4 rings (SSSR count). The van der Waals surface area contributed by atoms with Crippen LogP contribution in [0.3, 0.4) is 0 Å². The Morgan fingerprint density at radius 1 is 1.46 bits per heavy atom. The van der Waals surface area contributed by atoms with E-state index in [9.17, 15) is 4.79 Å². The van der Waals surface area contributed by atoms with Crippen LogP contribution < -0.4 is 5.32 Å². The lowest BCUT2D eigenvalue weighted by molar-refractivity contribution is 0.159. The molecule has 0 saturated heterocycles. The molecule has 0 aromatic carbocycles. The lowest BCUT2D eigenvalue weighted by atomic mass is 9.84. The van der Waals surface area contributed by atoms with Gasteiger partial charge in [-0.1, -0.05) is 0 Å². The minimum Gasteiger partial charge on any atom is -0.453 e. The summed E-state index contributed by atoms with van der Waals surface area (Å²) in [6.07, 6.45) is 5.01. The van der Waals surface area contributed by atoms with Gasteiger partial charge in [-0.3, -0.25) is 0 Å². The number of hydrogen-bond acceptors (Lipinski definition) is 2. The Bertz CT molecular complexity index is 260. The lowest BCUT2D eigenvalue weighted by Gasteiger charge is -2.26. The van der Waals surface area contributed by atoms with Crippen molar-refractivity contribution >= 4 is 6.09 Å². The number of carbonyl (C=O) groups is 1. The maximum atomic E-state index is 11.1. The average molecular weight is 181 g/mol. The van der Waals surface area contributed by atoms with Crippen LogP contribution in [0.25, 0.3) is 0 Å². The number of rotatable bonds is 1. The topological polar surface area (TPSA) is 38.3 Å². The third-order valence-electron chi connectivity index (χ3n) is 4.32. The molecule has 0 aromatic rings. The zero-order chi connectivity index (χ0) is 9.05. The van der Waals surface area contributed by atoms with Crippen LogP contribution >= 0.6 is 0 Å². The number of methoxy groups -OCH3 is 1. The number of amides is 1. The van der Waals surface area contributed by atoms with E-state index in [0.29, 0.717) is 0 Å². The highest BCUT2D eigenvalue weighted by atomic mass is 16.5. The molecular weight excluding hydrogens is 166 g/mol. The van der Waals surface area contributed by atoms with Gasteiger partial charge in [0.05, 0.1) is 7.11 Å². The fourth-order valence-electron chi connectivity index (χ4n) is 3.77. The van der Waals surface area contributed by atoms with Gasteiger partial charge in [0, 0.05) is 5.54 Å². The van der Waals surface area contributed by atoms with Gasteiger partial charge >= 0.3 is 6.09 Å². The number of ether oxygens (including phenoxy) is 1. The van der Waals surface area contributed by atoms with Gasteiger partial charge in [0.25, 0.3) is 0 Å². The first-order chi connectivity index (χ1) is 6.26. The maximum Gasteiger partial charge on any atom is 0.407 e. The predicted octanol–water partition coefficient (Wildman–Crippen LogP) is 1.53. The minimum atomic E-state index is -0.241. The molecule has 0 aromatic heterocycles. The van der Waals surface area contributed by atoms with Crippen LogP contribution in [0.15, 0.2) is 0 Å². The molecule has 1 N–H and O–H groups in total. The van der Waals surface area contributed by atoms with E-state index >= 15 is 0 Å². The average Bonchev–Trinajstić information content (AvgIpc) is 2.64. The molecule has 4 aliphatic rings. The van der Waals surface area contributed by atoms with Crippen LogP contribution in [0.2, 0.25) is 0 Å². The van der Waals surface area contributed by atoms with Crippen molar-refractivity contribution < 1.29 is 9.53 Å². The van der Waals surface area contributed by atoms with Crippen LogP contribution in [-0.4, -0.2) is 18.7 Å². The zero-order valence-electron chi connectivity index (χ0n) is 7.88. The molecule has 4 fully saturated rings. The Hall–Kier alpha value is -0.730. The Kier molecular flexibility index (Phi) is 1.29. The third-order valence-corrected chi connectivity index (χ3v) is 4.32. The minimum absolute atomic E-state index is 0.177.